The van der Waals surface area contributed by atoms with Gasteiger partial charge in [0, 0.05) is 33.2 Å². The summed E-state index contributed by atoms with van der Waals surface area (Å²) >= 11 is 0. The van der Waals surface area contributed by atoms with Crippen molar-refractivity contribution in [1.82, 2.24) is 15.1 Å². The molecule has 0 radical (unpaired) electrons. The maximum atomic E-state index is 12.3. The number of ether oxygens (including phenoxy) is 1. The largest absolute Gasteiger partial charge is 0.465 e. The zero-order valence-electron chi connectivity index (χ0n) is 16.6. The molecule has 158 valence electrons. The topological polar surface area (TPSA) is 101 Å². The fourth-order valence-electron chi connectivity index (χ4n) is 3.12. The van der Waals surface area contributed by atoms with E-state index in [-0.39, 0.29) is 29.9 Å². The van der Waals surface area contributed by atoms with Crippen molar-refractivity contribution in [3.8, 4) is 0 Å². The summed E-state index contributed by atoms with van der Waals surface area (Å²) in [7, 11) is 3.04. The van der Waals surface area contributed by atoms with E-state index in [1.165, 1.54) is 13.4 Å². The number of nitrogens with zero attached hydrogens (tertiary/aromatic N) is 3. The third-order valence-electron chi connectivity index (χ3n) is 4.61. The monoisotopic (exact) mass is 516 g/mol. The van der Waals surface area contributed by atoms with Gasteiger partial charge in [-0.2, -0.15) is 0 Å². The summed E-state index contributed by atoms with van der Waals surface area (Å²) in [6.07, 6.45) is 1.50. The van der Waals surface area contributed by atoms with Gasteiger partial charge in [0.25, 0.3) is 5.91 Å². The molecule has 3 heterocycles. The van der Waals surface area contributed by atoms with Crippen LogP contribution >= 0.6 is 24.0 Å². The van der Waals surface area contributed by atoms with Gasteiger partial charge in [0.2, 0.25) is 0 Å². The van der Waals surface area contributed by atoms with Gasteiger partial charge < -0.3 is 28.7 Å². The number of piperazine rings is 1. The van der Waals surface area contributed by atoms with Crippen LogP contribution in [-0.4, -0.2) is 68.0 Å². The van der Waals surface area contributed by atoms with Crippen molar-refractivity contribution in [3.05, 3.63) is 47.3 Å². The summed E-state index contributed by atoms with van der Waals surface area (Å²) in [5, 5.41) is 3.23. The number of esters is 1. The minimum absolute atomic E-state index is 0. The van der Waals surface area contributed by atoms with E-state index in [2.05, 4.69) is 15.2 Å². The number of aliphatic imine (C=N–C) groups is 1. The van der Waals surface area contributed by atoms with Gasteiger partial charge in [-0.15, -0.1) is 24.0 Å². The number of hydrogen-bond acceptors (Lipinski definition) is 6. The van der Waals surface area contributed by atoms with E-state index in [0.717, 1.165) is 0 Å². The molecule has 1 amide bonds. The van der Waals surface area contributed by atoms with Gasteiger partial charge in [0.1, 0.15) is 17.1 Å². The first-order chi connectivity index (χ1) is 13.5. The molecule has 2 aromatic rings. The molecular formula is C19H25IN4O5. The molecule has 2 aromatic heterocycles. The molecule has 0 aliphatic carbocycles. The summed E-state index contributed by atoms with van der Waals surface area (Å²) < 4.78 is 15.5. The molecule has 1 saturated heterocycles. The van der Waals surface area contributed by atoms with Gasteiger partial charge in [-0.3, -0.25) is 9.79 Å². The van der Waals surface area contributed by atoms with E-state index in [4.69, 9.17) is 13.6 Å². The molecule has 1 fully saturated rings. The number of furan rings is 2. The number of amides is 1. The van der Waals surface area contributed by atoms with Gasteiger partial charge in [-0.05, 0) is 25.1 Å². The standard InChI is InChI=1S/C19H24N4O5.HI/c1-13-15(18(25)26-3)11-14(28-13)12-21-19(20-2)23-8-6-22(7-9-23)17(24)16-5-4-10-27-16;/h4-5,10-11H,6-9,12H2,1-3H3,(H,20,21);1H. The molecular weight excluding hydrogens is 491 g/mol. The van der Waals surface area contributed by atoms with Gasteiger partial charge >= 0.3 is 5.97 Å². The average molecular weight is 516 g/mol. The molecule has 29 heavy (non-hydrogen) atoms. The van der Waals surface area contributed by atoms with Gasteiger partial charge in [-0.1, -0.05) is 0 Å². The number of methoxy groups -OCH3 is 1. The highest BCUT2D eigenvalue weighted by Crippen LogP contribution is 2.16. The molecule has 10 heteroatoms. The van der Waals surface area contributed by atoms with Crippen LogP contribution in [0.3, 0.4) is 0 Å². The van der Waals surface area contributed by atoms with Crippen LogP contribution < -0.4 is 5.32 Å². The first-order valence-corrected chi connectivity index (χ1v) is 8.99. The zero-order chi connectivity index (χ0) is 20.1. The minimum Gasteiger partial charge on any atom is -0.465 e. The predicted octanol–water partition coefficient (Wildman–Crippen LogP) is 2.12. The Morgan fingerprint density at radius 1 is 1.24 bits per heavy atom. The molecule has 0 unspecified atom stereocenters. The normalized spacial score (nSPS) is 14.4. The van der Waals surface area contributed by atoms with Crippen LogP contribution in [0.2, 0.25) is 0 Å². The van der Waals surface area contributed by atoms with Crippen molar-refractivity contribution in [2.75, 3.05) is 40.3 Å². The van der Waals surface area contributed by atoms with E-state index in [0.29, 0.717) is 61.5 Å². The van der Waals surface area contributed by atoms with E-state index in [9.17, 15) is 9.59 Å². The Bertz CT molecular complexity index is 854. The second kappa shape index (κ2) is 10.3. The number of carbonyl (C=O) groups is 2. The molecule has 1 aliphatic heterocycles. The van der Waals surface area contributed by atoms with Crippen LogP contribution in [0.25, 0.3) is 0 Å². The van der Waals surface area contributed by atoms with E-state index in [1.807, 2.05) is 0 Å². The molecule has 1 aliphatic rings. The molecule has 0 spiro atoms. The number of nitrogens with one attached hydrogen (secondary N) is 1. The number of hydrogen-bond donors (Lipinski definition) is 1. The highest BCUT2D eigenvalue weighted by atomic mass is 127. The predicted molar refractivity (Wildman–Crippen MR) is 117 cm³/mol. The Labute approximate surface area is 186 Å². The van der Waals surface area contributed by atoms with Crippen molar-refractivity contribution < 1.29 is 23.2 Å². The Hall–Kier alpha value is -2.50. The van der Waals surface area contributed by atoms with E-state index in [1.54, 1.807) is 37.1 Å². The molecule has 9 nitrogen and oxygen atoms in total. The fraction of sp³-hybridized carbons (Fsp3) is 0.421. The number of halogens is 1. The third-order valence-corrected chi connectivity index (χ3v) is 4.61. The lowest BCUT2D eigenvalue weighted by atomic mass is 10.2. The second-order valence-corrected chi connectivity index (χ2v) is 6.33. The summed E-state index contributed by atoms with van der Waals surface area (Å²) in [4.78, 5) is 32.2. The van der Waals surface area contributed by atoms with E-state index >= 15 is 0 Å². The molecule has 0 atom stereocenters. The number of carbonyl (C=O) groups excluding carboxylic acids is 2. The Balaban J connectivity index is 0.00000300. The van der Waals surface area contributed by atoms with Gasteiger partial charge in [-0.25, -0.2) is 4.79 Å². The zero-order valence-corrected chi connectivity index (χ0v) is 19.0. The molecule has 0 aromatic carbocycles. The van der Waals surface area contributed by atoms with Crippen LogP contribution in [0.1, 0.15) is 32.4 Å². The number of guanidine groups is 1. The fourth-order valence-corrected chi connectivity index (χ4v) is 3.12. The van der Waals surface area contributed by atoms with Crippen molar-refractivity contribution >= 4 is 41.8 Å². The summed E-state index contributed by atoms with van der Waals surface area (Å²) in [6.45, 7) is 4.56. The summed E-state index contributed by atoms with van der Waals surface area (Å²) in [5.41, 5.74) is 0.416. The highest BCUT2D eigenvalue weighted by molar-refractivity contribution is 14.0. The Morgan fingerprint density at radius 3 is 2.52 bits per heavy atom. The quantitative estimate of drug-likeness (QED) is 0.288. The van der Waals surface area contributed by atoms with Crippen LogP contribution in [0.15, 0.2) is 38.3 Å². The first-order valence-electron chi connectivity index (χ1n) is 8.99. The maximum Gasteiger partial charge on any atom is 0.341 e. The van der Waals surface area contributed by atoms with Crippen molar-refractivity contribution in [1.29, 1.82) is 0 Å². The van der Waals surface area contributed by atoms with Gasteiger partial charge in [0.05, 0.1) is 19.9 Å². The molecule has 0 bridgehead atoms. The Kier molecular flexibility index (Phi) is 8.11. The lowest BCUT2D eigenvalue weighted by molar-refractivity contribution is 0.0598. The molecule has 3 rings (SSSR count). The minimum atomic E-state index is -0.422. The van der Waals surface area contributed by atoms with Crippen molar-refractivity contribution in [2.45, 2.75) is 13.5 Å². The molecule has 1 N–H and O–H groups in total. The lowest BCUT2D eigenvalue weighted by Gasteiger charge is -2.36. The first kappa shape index (κ1) is 22.8. The van der Waals surface area contributed by atoms with E-state index < -0.39 is 5.97 Å². The number of aryl methyl sites for hydroxylation is 1. The summed E-state index contributed by atoms with van der Waals surface area (Å²) in [6, 6.07) is 5.04. The van der Waals surface area contributed by atoms with Crippen LogP contribution in [0.4, 0.5) is 0 Å². The SMILES string of the molecule is CN=C(NCc1cc(C(=O)OC)c(C)o1)N1CCN(C(=O)c2ccco2)CC1.I. The van der Waals surface area contributed by atoms with Crippen molar-refractivity contribution in [2.24, 2.45) is 4.99 Å². The lowest BCUT2D eigenvalue weighted by Crippen LogP contribution is -2.53. The second-order valence-electron chi connectivity index (χ2n) is 6.33. The average Bonchev–Trinajstić information content (AvgIpc) is 3.38. The van der Waals surface area contributed by atoms with Crippen molar-refractivity contribution in [3.63, 3.8) is 0 Å². The highest BCUT2D eigenvalue weighted by Gasteiger charge is 2.25. The van der Waals surface area contributed by atoms with Gasteiger partial charge in [0.15, 0.2) is 11.7 Å². The maximum absolute atomic E-state index is 12.3. The summed E-state index contributed by atoms with van der Waals surface area (Å²) in [5.74, 6) is 1.67. The smallest absolute Gasteiger partial charge is 0.341 e. The van der Waals surface area contributed by atoms with Crippen LogP contribution in [-0.2, 0) is 11.3 Å². The number of rotatable bonds is 4. The third kappa shape index (κ3) is 5.31. The molecule has 0 saturated carbocycles. The van der Waals surface area contributed by atoms with Crippen LogP contribution in [0, 0.1) is 6.92 Å². The Morgan fingerprint density at radius 2 is 1.93 bits per heavy atom. The van der Waals surface area contributed by atoms with Crippen LogP contribution in [0.5, 0.6) is 0 Å².